The molecule has 0 amide bonds. The largest absolute Gasteiger partial charge is 1.00 e. The first-order chi connectivity index (χ1) is 21.7. The van der Waals surface area contributed by atoms with Gasteiger partial charge in [-0.15, -0.1) is 0 Å². The molecule has 0 N–H and O–H groups in total. The van der Waals surface area contributed by atoms with E-state index in [1.165, 1.54) is 43.8 Å². The van der Waals surface area contributed by atoms with Crippen LogP contribution in [0.4, 0.5) is 0 Å². The Bertz CT molecular complexity index is 1910. The summed E-state index contributed by atoms with van der Waals surface area (Å²) in [5, 5.41) is 6.36. The molecule has 4 aliphatic carbocycles. The van der Waals surface area contributed by atoms with Crippen LogP contribution in [0.25, 0.3) is 21.5 Å². The van der Waals surface area contributed by atoms with Gasteiger partial charge < -0.3 is 24.8 Å². The van der Waals surface area contributed by atoms with Crippen LogP contribution in [-0.4, -0.2) is 8.07 Å². The standard InChI is InChI=1S/C42H34Si.2ClH.Zr/c1-29-25-35-27-33(31-13-9-10-14-31)21-23-39(35)41(29)43(37-17-5-3-6-18-37,38-19-7-4-8-20-38)42-30(2)26-36-28-34(22-24-40(36)42)32-15-11-12-16-32;;;/h3-9,11,13-28H,10,12H2,1-2H3;2*1H;/q;;;+2/p-2. The van der Waals surface area contributed by atoms with Crippen LogP contribution in [0.3, 0.4) is 0 Å². The number of hydrogen-bond acceptors (Lipinski definition) is 0. The average molecular weight is 729 g/mol. The van der Waals surface area contributed by atoms with E-state index in [0.29, 0.717) is 7.25 Å². The van der Waals surface area contributed by atoms with Crippen molar-refractivity contribution in [2.45, 2.75) is 33.9 Å². The van der Waals surface area contributed by atoms with Crippen molar-refractivity contribution in [3.8, 4) is 0 Å². The molecule has 224 valence electrons. The molecule has 0 nitrogen and oxygen atoms in total. The van der Waals surface area contributed by atoms with Crippen molar-refractivity contribution < 1.29 is 48.0 Å². The summed E-state index contributed by atoms with van der Waals surface area (Å²) in [5.74, 6) is 0. The molecule has 0 aromatic heterocycles. The number of hydrogen-bond donors (Lipinski definition) is 0. The van der Waals surface area contributed by atoms with E-state index in [4.69, 9.17) is 0 Å². The monoisotopic (exact) mass is 726 g/mol. The maximum atomic E-state index is 2.60. The molecule has 0 saturated heterocycles. The Hall–Kier alpha value is -3.00. The minimum absolute atomic E-state index is 0. The minimum atomic E-state index is -2.69. The molecule has 9 rings (SSSR count). The van der Waals surface area contributed by atoms with Crippen LogP contribution in [0.5, 0.6) is 0 Å². The molecule has 0 spiro atoms. The molecule has 1 heterocycles. The molecule has 5 aliphatic rings. The summed E-state index contributed by atoms with van der Waals surface area (Å²) in [5.41, 5.74) is 15.2. The predicted octanol–water partition coefficient (Wildman–Crippen LogP) is 3.18. The van der Waals surface area contributed by atoms with Gasteiger partial charge in [0, 0.05) is 0 Å². The molecule has 0 fully saturated rings. The fourth-order valence-corrected chi connectivity index (χ4v) is 20.2. The molecule has 46 heavy (non-hydrogen) atoms. The second kappa shape index (κ2) is 12.2. The van der Waals surface area contributed by atoms with Crippen molar-refractivity contribution in [1.82, 2.24) is 0 Å². The molecule has 2 atom stereocenters. The average Bonchev–Trinajstić information content (AvgIpc) is 3.88. The van der Waals surface area contributed by atoms with Crippen molar-refractivity contribution in [2.75, 3.05) is 0 Å². The summed E-state index contributed by atoms with van der Waals surface area (Å²) in [6.45, 7) is 5.04. The summed E-state index contributed by atoms with van der Waals surface area (Å²) in [6, 6.07) is 38.3. The van der Waals surface area contributed by atoms with Gasteiger partial charge in [0.05, 0.1) is 0 Å². The summed E-state index contributed by atoms with van der Waals surface area (Å²) in [7, 11) is -2.69. The smallest absolute Gasteiger partial charge is 1.00 e. The first-order valence-corrected chi connectivity index (χ1v) is 20.8. The molecule has 2 unspecified atom stereocenters. The van der Waals surface area contributed by atoms with Gasteiger partial charge in [-0.2, -0.15) is 0 Å². The van der Waals surface area contributed by atoms with Gasteiger partial charge in [-0.3, -0.25) is 0 Å². The van der Waals surface area contributed by atoms with Crippen LogP contribution >= 0.6 is 0 Å². The van der Waals surface area contributed by atoms with Gasteiger partial charge >= 0.3 is 275 Å². The van der Waals surface area contributed by atoms with Gasteiger partial charge in [0.2, 0.25) is 0 Å². The van der Waals surface area contributed by atoms with Gasteiger partial charge in [0.15, 0.2) is 0 Å². The predicted molar refractivity (Wildman–Crippen MR) is 185 cm³/mol. The number of allylic oxidation sites excluding steroid dienone is 10. The Morgan fingerprint density at radius 1 is 0.565 bits per heavy atom. The van der Waals surface area contributed by atoms with Crippen LogP contribution in [0.1, 0.15) is 67.3 Å². The molecule has 4 aromatic rings. The Morgan fingerprint density at radius 2 is 1.00 bits per heavy atom. The summed E-state index contributed by atoms with van der Waals surface area (Å²) >= 11 is -0.990. The number of benzene rings is 4. The maximum absolute atomic E-state index is 2.69. The van der Waals surface area contributed by atoms with E-state index < -0.39 is 31.3 Å². The fourth-order valence-electron chi connectivity index (χ4n) is 8.78. The number of rotatable bonds is 4. The van der Waals surface area contributed by atoms with Crippen LogP contribution in [-0.2, 0) is 23.2 Å². The molecule has 4 heteroatoms. The maximum Gasteiger partial charge on any atom is -1.00 e. The number of fused-ring (bicyclic) bond motifs is 8. The van der Waals surface area contributed by atoms with Crippen LogP contribution < -0.4 is 35.2 Å². The Balaban J connectivity index is 0.00000169. The van der Waals surface area contributed by atoms with Crippen molar-refractivity contribution in [1.29, 1.82) is 0 Å². The third-order valence-corrected chi connectivity index (χ3v) is 21.1. The van der Waals surface area contributed by atoms with Gasteiger partial charge in [0.1, 0.15) is 0 Å². The van der Waals surface area contributed by atoms with Crippen molar-refractivity contribution in [3.63, 3.8) is 0 Å². The van der Waals surface area contributed by atoms with Crippen molar-refractivity contribution in [2.24, 2.45) is 0 Å². The van der Waals surface area contributed by atoms with E-state index in [2.05, 4.69) is 147 Å². The second-order valence-electron chi connectivity index (χ2n) is 12.8. The first kappa shape index (κ1) is 31.6. The Morgan fingerprint density at radius 3 is 1.39 bits per heavy atom. The summed E-state index contributed by atoms with van der Waals surface area (Å²) in [6.07, 6.45) is 16.1. The Kier molecular flexibility index (Phi) is 8.39. The minimum Gasteiger partial charge on any atom is -1.00 e. The Labute approximate surface area is 297 Å². The molecule has 4 aromatic carbocycles. The SMILES string of the molecule is CC1=C2c3ccc(C4=CCC=C4)cc3[CH]1[Zr+2][CH]1C(C)=C(c3ccc(C4=CCC=C4)cc31)[Si]2(c1ccccc1)c1ccccc1.[Cl-].[Cl-]. The van der Waals surface area contributed by atoms with Gasteiger partial charge in [0.25, 0.3) is 0 Å². The fraction of sp³-hybridized carbons (Fsp3) is 0.143. The second-order valence-corrected chi connectivity index (χ2v) is 20.1. The van der Waals surface area contributed by atoms with E-state index in [1.54, 1.807) is 32.7 Å². The van der Waals surface area contributed by atoms with Crippen LogP contribution in [0.2, 0.25) is 0 Å². The van der Waals surface area contributed by atoms with E-state index >= 15 is 0 Å². The van der Waals surface area contributed by atoms with E-state index in [1.807, 2.05) is 0 Å². The van der Waals surface area contributed by atoms with Gasteiger partial charge in [-0.1, -0.05) is 0 Å². The summed E-state index contributed by atoms with van der Waals surface area (Å²) in [4.78, 5) is 0. The van der Waals surface area contributed by atoms with E-state index in [0.717, 1.165) is 12.8 Å². The molecular formula is C42H34Cl2SiZr. The van der Waals surface area contributed by atoms with Crippen LogP contribution in [0.15, 0.2) is 145 Å². The normalized spacial score (nSPS) is 20.8. The van der Waals surface area contributed by atoms with Crippen LogP contribution in [0, 0.1) is 0 Å². The van der Waals surface area contributed by atoms with E-state index in [-0.39, 0.29) is 24.8 Å². The quantitative estimate of drug-likeness (QED) is 0.284. The van der Waals surface area contributed by atoms with Crippen molar-refractivity contribution in [3.05, 3.63) is 178 Å². The third kappa shape index (κ3) is 4.48. The number of halogens is 2. The summed E-state index contributed by atoms with van der Waals surface area (Å²) < 4.78 is 1.16. The third-order valence-electron chi connectivity index (χ3n) is 10.6. The molecule has 1 aliphatic heterocycles. The molecule has 0 radical (unpaired) electrons. The van der Waals surface area contributed by atoms with Gasteiger partial charge in [-0.05, 0) is 0 Å². The zero-order valence-electron chi connectivity index (χ0n) is 26.0. The van der Waals surface area contributed by atoms with E-state index in [9.17, 15) is 0 Å². The zero-order chi connectivity index (χ0) is 29.4. The molecule has 0 saturated carbocycles. The molecule has 4 bridgehead atoms. The topological polar surface area (TPSA) is 0 Å². The molecular weight excluding hydrogens is 695 g/mol. The van der Waals surface area contributed by atoms with Gasteiger partial charge in [-0.25, -0.2) is 0 Å². The first-order valence-electron chi connectivity index (χ1n) is 16.0. The van der Waals surface area contributed by atoms with Crippen molar-refractivity contribution >= 4 is 40.0 Å². The zero-order valence-corrected chi connectivity index (χ0v) is 31.0.